The predicted octanol–water partition coefficient (Wildman–Crippen LogP) is 4.16. The Kier molecular flexibility index (Phi) is 8.05. The molecule has 1 fully saturated rings. The number of aryl methyl sites for hydroxylation is 1. The Balaban J connectivity index is 1.70. The summed E-state index contributed by atoms with van der Waals surface area (Å²) in [5, 5.41) is 5.75. The van der Waals surface area contributed by atoms with Gasteiger partial charge in [-0.1, -0.05) is 48.7 Å². The van der Waals surface area contributed by atoms with Crippen LogP contribution < -0.4 is 20.3 Å². The molecule has 36 heavy (non-hydrogen) atoms. The smallest absolute Gasteiger partial charge is 0.287 e. The summed E-state index contributed by atoms with van der Waals surface area (Å²) >= 11 is 0. The average Bonchev–Trinajstić information content (AvgIpc) is 3.61. The zero-order valence-corrected chi connectivity index (χ0v) is 20.5. The van der Waals surface area contributed by atoms with E-state index in [1.807, 2.05) is 31.2 Å². The van der Waals surface area contributed by atoms with Gasteiger partial charge in [0, 0.05) is 17.8 Å². The predicted molar refractivity (Wildman–Crippen MR) is 136 cm³/mol. The van der Waals surface area contributed by atoms with Crippen LogP contribution in [0.4, 0.5) is 5.69 Å². The number of anilines is 1. The monoisotopic (exact) mass is 489 g/mol. The standard InChI is InChI=1S/C28H31N3O5/c1-19-12-14-20(15-13-19)26(28(34)30-21-7-3-4-8-21)31(22-9-5-10-23(17-22)35-2)25(32)18-29-27(33)24-11-6-16-36-24/h5-6,9-17,21,26H,3-4,7-8,18H2,1-2H3,(H,29,33)(H,30,34). The van der Waals surface area contributed by atoms with Crippen LogP contribution in [0.2, 0.25) is 0 Å². The fourth-order valence-electron chi connectivity index (χ4n) is 4.45. The Labute approximate surface area is 210 Å². The molecule has 0 spiro atoms. The van der Waals surface area contributed by atoms with Crippen LogP contribution in [0.1, 0.15) is 53.4 Å². The molecule has 1 heterocycles. The summed E-state index contributed by atoms with van der Waals surface area (Å²) in [6.45, 7) is 1.64. The molecule has 8 nitrogen and oxygen atoms in total. The number of benzene rings is 2. The second kappa shape index (κ2) is 11.6. The SMILES string of the molecule is COc1cccc(N(C(=O)CNC(=O)c2ccco2)C(C(=O)NC2CCCC2)c2ccc(C)cc2)c1. The van der Waals surface area contributed by atoms with E-state index in [9.17, 15) is 14.4 Å². The van der Waals surface area contributed by atoms with E-state index in [1.165, 1.54) is 17.2 Å². The Hall–Kier alpha value is -4.07. The molecule has 0 aliphatic heterocycles. The number of nitrogens with one attached hydrogen (secondary N) is 2. The molecule has 188 valence electrons. The van der Waals surface area contributed by atoms with Crippen molar-refractivity contribution in [2.45, 2.75) is 44.7 Å². The molecule has 0 bridgehead atoms. The maximum absolute atomic E-state index is 13.7. The lowest BCUT2D eigenvalue weighted by atomic mass is 10.0. The quantitative estimate of drug-likeness (QED) is 0.470. The van der Waals surface area contributed by atoms with Gasteiger partial charge in [0.05, 0.1) is 19.9 Å². The minimum absolute atomic E-state index is 0.0753. The third-order valence-electron chi connectivity index (χ3n) is 6.35. The van der Waals surface area contributed by atoms with Crippen molar-refractivity contribution in [3.8, 4) is 5.75 Å². The third-order valence-corrected chi connectivity index (χ3v) is 6.35. The molecular weight excluding hydrogens is 458 g/mol. The summed E-state index contributed by atoms with van der Waals surface area (Å²) in [6.07, 6.45) is 5.35. The molecule has 2 N–H and O–H groups in total. The molecule has 3 aromatic rings. The summed E-state index contributed by atoms with van der Waals surface area (Å²) in [5.74, 6) is -0.579. The number of hydrogen-bond donors (Lipinski definition) is 2. The van der Waals surface area contributed by atoms with E-state index >= 15 is 0 Å². The largest absolute Gasteiger partial charge is 0.497 e. The van der Waals surface area contributed by atoms with E-state index in [4.69, 9.17) is 9.15 Å². The summed E-state index contributed by atoms with van der Waals surface area (Å²) in [7, 11) is 1.54. The maximum Gasteiger partial charge on any atom is 0.287 e. The molecule has 0 radical (unpaired) electrons. The van der Waals surface area contributed by atoms with Crippen LogP contribution in [-0.4, -0.2) is 37.4 Å². The van der Waals surface area contributed by atoms with Crippen LogP contribution in [0.25, 0.3) is 0 Å². The van der Waals surface area contributed by atoms with Crippen molar-refractivity contribution in [3.05, 3.63) is 83.8 Å². The molecule has 1 atom stereocenters. The Morgan fingerprint density at radius 2 is 1.81 bits per heavy atom. The van der Waals surface area contributed by atoms with Crippen molar-refractivity contribution >= 4 is 23.4 Å². The van der Waals surface area contributed by atoms with Crippen LogP contribution in [-0.2, 0) is 9.59 Å². The molecule has 2 aromatic carbocycles. The molecule has 1 aromatic heterocycles. The summed E-state index contributed by atoms with van der Waals surface area (Å²) in [4.78, 5) is 41.3. The van der Waals surface area contributed by atoms with E-state index in [0.717, 1.165) is 31.2 Å². The lowest BCUT2D eigenvalue weighted by molar-refractivity contribution is -0.126. The third kappa shape index (κ3) is 5.94. The molecule has 1 saturated carbocycles. The number of carbonyl (C=O) groups is 3. The van der Waals surface area contributed by atoms with Crippen LogP contribution in [0, 0.1) is 6.92 Å². The highest BCUT2D eigenvalue weighted by Crippen LogP contribution is 2.31. The van der Waals surface area contributed by atoms with Crippen molar-refractivity contribution in [1.82, 2.24) is 10.6 Å². The summed E-state index contributed by atoms with van der Waals surface area (Å²) in [6, 6.07) is 16.8. The number of methoxy groups -OCH3 is 1. The molecule has 0 saturated heterocycles. The van der Waals surface area contributed by atoms with Gasteiger partial charge in [0.15, 0.2) is 5.76 Å². The van der Waals surface area contributed by atoms with E-state index < -0.39 is 17.9 Å². The molecule has 8 heteroatoms. The minimum atomic E-state index is -0.939. The van der Waals surface area contributed by atoms with Gasteiger partial charge in [-0.3, -0.25) is 19.3 Å². The highest BCUT2D eigenvalue weighted by Gasteiger charge is 2.34. The van der Waals surface area contributed by atoms with Gasteiger partial charge in [-0.2, -0.15) is 0 Å². The van der Waals surface area contributed by atoms with Gasteiger partial charge in [-0.15, -0.1) is 0 Å². The van der Waals surface area contributed by atoms with E-state index in [0.29, 0.717) is 17.0 Å². The van der Waals surface area contributed by atoms with E-state index in [2.05, 4.69) is 10.6 Å². The summed E-state index contributed by atoms with van der Waals surface area (Å²) in [5.41, 5.74) is 2.20. The number of ether oxygens (including phenoxy) is 1. The lowest BCUT2D eigenvalue weighted by Crippen LogP contribution is -2.49. The molecular formula is C28H31N3O5. The maximum atomic E-state index is 13.7. The lowest BCUT2D eigenvalue weighted by Gasteiger charge is -2.32. The first kappa shape index (κ1) is 25.0. The van der Waals surface area contributed by atoms with E-state index in [-0.39, 0.29) is 24.3 Å². The fourth-order valence-corrected chi connectivity index (χ4v) is 4.45. The highest BCUT2D eigenvalue weighted by molar-refractivity contribution is 6.04. The zero-order chi connectivity index (χ0) is 25.5. The van der Waals surface area contributed by atoms with Crippen molar-refractivity contribution in [2.75, 3.05) is 18.6 Å². The first-order chi connectivity index (χ1) is 17.5. The Morgan fingerprint density at radius 1 is 1.06 bits per heavy atom. The number of furan rings is 1. The summed E-state index contributed by atoms with van der Waals surface area (Å²) < 4.78 is 10.5. The second-order valence-electron chi connectivity index (χ2n) is 8.93. The molecule has 3 amide bonds. The van der Waals surface area contributed by atoms with Gasteiger partial charge in [0.2, 0.25) is 11.8 Å². The Morgan fingerprint density at radius 3 is 2.47 bits per heavy atom. The van der Waals surface area contributed by atoms with Crippen LogP contribution in [0.15, 0.2) is 71.3 Å². The number of nitrogens with zero attached hydrogens (tertiary/aromatic N) is 1. The average molecular weight is 490 g/mol. The highest BCUT2D eigenvalue weighted by atomic mass is 16.5. The minimum Gasteiger partial charge on any atom is -0.497 e. The molecule has 1 aliphatic carbocycles. The number of rotatable bonds is 9. The van der Waals surface area contributed by atoms with Crippen molar-refractivity contribution < 1.29 is 23.5 Å². The normalized spacial score (nSPS) is 14.2. The van der Waals surface area contributed by atoms with E-state index in [1.54, 1.807) is 37.4 Å². The molecule has 4 rings (SSSR count). The van der Waals surface area contributed by atoms with Crippen LogP contribution in [0.5, 0.6) is 5.75 Å². The van der Waals surface area contributed by atoms with Crippen molar-refractivity contribution in [2.24, 2.45) is 0 Å². The fraction of sp³-hybridized carbons (Fsp3) is 0.321. The van der Waals surface area contributed by atoms with Gasteiger partial charge in [0.1, 0.15) is 11.8 Å². The molecule has 1 aliphatic rings. The Bertz CT molecular complexity index is 1180. The van der Waals surface area contributed by atoms with Gasteiger partial charge in [0.25, 0.3) is 5.91 Å². The van der Waals surface area contributed by atoms with Crippen LogP contribution >= 0.6 is 0 Å². The second-order valence-corrected chi connectivity index (χ2v) is 8.93. The van der Waals surface area contributed by atoms with Crippen molar-refractivity contribution in [3.63, 3.8) is 0 Å². The topological polar surface area (TPSA) is 101 Å². The van der Waals surface area contributed by atoms with Gasteiger partial charge < -0.3 is 19.8 Å². The number of amides is 3. The first-order valence-electron chi connectivity index (χ1n) is 12.1. The molecule has 1 unspecified atom stereocenters. The van der Waals surface area contributed by atoms with Crippen molar-refractivity contribution in [1.29, 1.82) is 0 Å². The first-order valence-corrected chi connectivity index (χ1v) is 12.1. The number of hydrogen-bond acceptors (Lipinski definition) is 5. The van der Waals surface area contributed by atoms with Crippen LogP contribution in [0.3, 0.4) is 0 Å². The zero-order valence-electron chi connectivity index (χ0n) is 20.5. The van der Waals surface area contributed by atoms with Gasteiger partial charge >= 0.3 is 0 Å². The van der Waals surface area contributed by atoms with Gasteiger partial charge in [-0.05, 0) is 49.6 Å². The number of carbonyl (C=O) groups excluding carboxylic acids is 3. The van der Waals surface area contributed by atoms with Gasteiger partial charge in [-0.25, -0.2) is 0 Å².